The molecule has 0 amide bonds. The van der Waals surface area contributed by atoms with Crippen LogP contribution in [0.5, 0.6) is 0 Å². The van der Waals surface area contributed by atoms with Gasteiger partial charge in [0.05, 0.1) is 12.8 Å². The predicted molar refractivity (Wildman–Crippen MR) is 95.6 cm³/mol. The second-order valence-corrected chi connectivity index (χ2v) is 5.32. The molecule has 114 valence electrons. The summed E-state index contributed by atoms with van der Waals surface area (Å²) in [4.78, 5) is 0. The highest BCUT2D eigenvalue weighted by Crippen LogP contribution is 2.20. The maximum atomic E-state index is 5.98. The van der Waals surface area contributed by atoms with Gasteiger partial charge in [-0.3, -0.25) is 0 Å². The zero-order valence-corrected chi connectivity index (χ0v) is 12.8. The van der Waals surface area contributed by atoms with Crippen LogP contribution in [0.25, 0.3) is 11.1 Å². The molecule has 0 spiro atoms. The van der Waals surface area contributed by atoms with Crippen LogP contribution in [0.3, 0.4) is 0 Å². The molecule has 0 bridgehead atoms. The summed E-state index contributed by atoms with van der Waals surface area (Å²) in [5.41, 5.74) is 4.54. The summed E-state index contributed by atoms with van der Waals surface area (Å²) in [5, 5.41) is 5.73. The molecule has 0 aliphatic carbocycles. The Hall–Kier alpha value is -2.91. The number of nitrogens with zero attached hydrogens (tertiary/aromatic N) is 2. The molecular formula is C20H19N3. The Bertz CT molecular complexity index is 767. The Morgan fingerprint density at radius 2 is 1.43 bits per heavy atom. The second kappa shape index (κ2) is 7.38. The Morgan fingerprint density at radius 3 is 2.17 bits per heavy atom. The Labute approximate surface area is 136 Å². The summed E-state index contributed by atoms with van der Waals surface area (Å²) in [5.74, 6) is 5.98. The summed E-state index contributed by atoms with van der Waals surface area (Å²) < 4.78 is 0. The third kappa shape index (κ3) is 4.28. The molecule has 0 saturated heterocycles. The molecule has 0 atom stereocenters. The maximum absolute atomic E-state index is 5.98. The highest BCUT2D eigenvalue weighted by atomic mass is 15.6. The fourth-order valence-corrected chi connectivity index (χ4v) is 2.39. The highest BCUT2D eigenvalue weighted by molar-refractivity contribution is 5.79. The lowest BCUT2D eigenvalue weighted by molar-refractivity contribution is 0.292. The normalized spacial score (nSPS) is 10.8. The Kier molecular flexibility index (Phi) is 4.82. The van der Waals surface area contributed by atoms with Crippen molar-refractivity contribution in [1.29, 1.82) is 0 Å². The molecule has 3 rings (SSSR count). The van der Waals surface area contributed by atoms with Gasteiger partial charge in [0.15, 0.2) is 0 Å². The fourth-order valence-electron chi connectivity index (χ4n) is 2.39. The molecule has 0 unspecified atom stereocenters. The first-order valence-electron chi connectivity index (χ1n) is 7.57. The summed E-state index contributed by atoms with van der Waals surface area (Å²) in [6, 6.07) is 28.6. The molecule has 3 nitrogen and oxygen atoms in total. The van der Waals surface area contributed by atoms with E-state index in [1.54, 1.807) is 6.21 Å². The van der Waals surface area contributed by atoms with Crippen LogP contribution >= 0.6 is 0 Å². The zero-order chi connectivity index (χ0) is 15.9. The van der Waals surface area contributed by atoms with Crippen molar-refractivity contribution >= 4 is 6.21 Å². The van der Waals surface area contributed by atoms with Crippen LogP contribution in [0, 0.1) is 0 Å². The van der Waals surface area contributed by atoms with Gasteiger partial charge in [0.25, 0.3) is 0 Å². The van der Waals surface area contributed by atoms with E-state index in [-0.39, 0.29) is 0 Å². The summed E-state index contributed by atoms with van der Waals surface area (Å²) in [7, 11) is 0. The average molecular weight is 301 g/mol. The number of benzene rings is 3. The molecule has 3 aromatic rings. The first-order chi connectivity index (χ1) is 11.3. The van der Waals surface area contributed by atoms with E-state index >= 15 is 0 Å². The minimum Gasteiger partial charge on any atom is -0.231 e. The summed E-state index contributed by atoms with van der Waals surface area (Å²) >= 11 is 0. The van der Waals surface area contributed by atoms with E-state index in [0.29, 0.717) is 6.54 Å². The maximum Gasteiger partial charge on any atom is 0.0781 e. The molecule has 2 N–H and O–H groups in total. The monoisotopic (exact) mass is 301 g/mol. The summed E-state index contributed by atoms with van der Waals surface area (Å²) in [6.45, 7) is 0.560. The van der Waals surface area contributed by atoms with E-state index in [2.05, 4.69) is 35.4 Å². The molecular weight excluding hydrogens is 282 g/mol. The van der Waals surface area contributed by atoms with Crippen LogP contribution in [-0.2, 0) is 6.54 Å². The van der Waals surface area contributed by atoms with Gasteiger partial charge in [0.1, 0.15) is 0 Å². The van der Waals surface area contributed by atoms with Crippen molar-refractivity contribution in [1.82, 2.24) is 5.12 Å². The van der Waals surface area contributed by atoms with Gasteiger partial charge < -0.3 is 0 Å². The lowest BCUT2D eigenvalue weighted by Crippen LogP contribution is -2.24. The van der Waals surface area contributed by atoms with Gasteiger partial charge in [-0.25, -0.2) is 11.0 Å². The van der Waals surface area contributed by atoms with Crippen LogP contribution in [-0.4, -0.2) is 11.3 Å². The van der Waals surface area contributed by atoms with Gasteiger partial charge in [-0.05, 0) is 28.3 Å². The molecule has 0 heterocycles. The molecule has 0 fully saturated rings. The van der Waals surface area contributed by atoms with E-state index in [0.717, 1.165) is 11.1 Å². The van der Waals surface area contributed by atoms with Crippen LogP contribution in [0.1, 0.15) is 11.1 Å². The first kappa shape index (κ1) is 15.0. The van der Waals surface area contributed by atoms with Gasteiger partial charge in [-0.2, -0.15) is 5.10 Å². The fraction of sp³-hybridized carbons (Fsp3) is 0.0500. The van der Waals surface area contributed by atoms with Crippen LogP contribution in [0.2, 0.25) is 0 Å². The van der Waals surface area contributed by atoms with E-state index < -0.39 is 0 Å². The van der Waals surface area contributed by atoms with Crippen molar-refractivity contribution in [2.75, 3.05) is 0 Å². The molecule has 0 aromatic heterocycles. The number of nitrogens with two attached hydrogens (primary N) is 1. The topological polar surface area (TPSA) is 41.6 Å². The average Bonchev–Trinajstić information content (AvgIpc) is 2.62. The lowest BCUT2D eigenvalue weighted by Gasteiger charge is -2.13. The van der Waals surface area contributed by atoms with Crippen LogP contribution in [0.4, 0.5) is 0 Å². The number of hydrazone groups is 1. The van der Waals surface area contributed by atoms with Gasteiger partial charge in [-0.15, -0.1) is 0 Å². The standard InChI is InChI=1S/C20H19N3/c21-23(22-15-17-8-3-1-4-9-17)16-18-10-7-13-20(14-18)19-11-5-2-6-12-19/h1-15H,16,21H2. The van der Waals surface area contributed by atoms with Crippen molar-refractivity contribution in [3.63, 3.8) is 0 Å². The van der Waals surface area contributed by atoms with E-state index in [1.165, 1.54) is 16.2 Å². The number of rotatable bonds is 5. The number of hydrogen-bond acceptors (Lipinski definition) is 3. The molecule has 0 saturated carbocycles. The zero-order valence-electron chi connectivity index (χ0n) is 12.8. The van der Waals surface area contributed by atoms with E-state index in [1.807, 2.05) is 54.6 Å². The van der Waals surface area contributed by atoms with Gasteiger partial charge in [-0.1, -0.05) is 78.9 Å². The minimum absolute atomic E-state index is 0.560. The Balaban J connectivity index is 1.69. The van der Waals surface area contributed by atoms with Crippen molar-refractivity contribution in [3.8, 4) is 11.1 Å². The quantitative estimate of drug-likeness (QED) is 0.438. The van der Waals surface area contributed by atoms with Crippen molar-refractivity contribution in [3.05, 3.63) is 96.1 Å². The van der Waals surface area contributed by atoms with Crippen LogP contribution in [0.15, 0.2) is 90.0 Å². The third-order valence-electron chi connectivity index (χ3n) is 3.53. The SMILES string of the molecule is NN(Cc1cccc(-c2ccccc2)c1)N=Cc1ccccc1. The first-order valence-corrected chi connectivity index (χ1v) is 7.57. The molecule has 23 heavy (non-hydrogen) atoms. The highest BCUT2D eigenvalue weighted by Gasteiger charge is 2.01. The predicted octanol–water partition coefficient (Wildman–Crippen LogP) is 4.06. The second-order valence-electron chi connectivity index (χ2n) is 5.32. The molecule has 3 aromatic carbocycles. The van der Waals surface area contributed by atoms with E-state index in [4.69, 9.17) is 5.84 Å². The van der Waals surface area contributed by atoms with Gasteiger partial charge >= 0.3 is 0 Å². The van der Waals surface area contributed by atoms with Crippen molar-refractivity contribution in [2.45, 2.75) is 6.54 Å². The lowest BCUT2D eigenvalue weighted by atomic mass is 10.0. The van der Waals surface area contributed by atoms with Crippen molar-refractivity contribution in [2.24, 2.45) is 10.9 Å². The van der Waals surface area contributed by atoms with Crippen molar-refractivity contribution < 1.29 is 0 Å². The Morgan fingerprint density at radius 1 is 0.783 bits per heavy atom. The van der Waals surface area contributed by atoms with E-state index in [9.17, 15) is 0 Å². The van der Waals surface area contributed by atoms with Gasteiger partial charge in [0, 0.05) is 0 Å². The third-order valence-corrected chi connectivity index (χ3v) is 3.53. The number of hydrazine groups is 1. The minimum atomic E-state index is 0.560. The van der Waals surface area contributed by atoms with Crippen LogP contribution < -0.4 is 5.84 Å². The van der Waals surface area contributed by atoms with Gasteiger partial charge in [0.2, 0.25) is 0 Å². The molecule has 0 radical (unpaired) electrons. The smallest absolute Gasteiger partial charge is 0.0781 e. The molecule has 0 aliphatic rings. The molecule has 3 heteroatoms. The number of hydrogen-bond donors (Lipinski definition) is 1. The largest absolute Gasteiger partial charge is 0.231 e. The molecule has 0 aliphatic heterocycles. The summed E-state index contributed by atoms with van der Waals surface area (Å²) in [6.07, 6.45) is 1.76.